The Bertz CT molecular complexity index is 855. The molecule has 0 spiro atoms. The second-order valence-corrected chi connectivity index (χ2v) is 7.67. The summed E-state index contributed by atoms with van der Waals surface area (Å²) in [7, 11) is -3.34. The van der Waals surface area contributed by atoms with E-state index in [1.165, 1.54) is 31.2 Å². The lowest BCUT2D eigenvalue weighted by molar-refractivity contribution is 0.0318. The highest BCUT2D eigenvalue weighted by Gasteiger charge is 2.20. The number of carbonyl (C=O) groups is 2. The van der Waals surface area contributed by atoms with Gasteiger partial charge in [0.25, 0.3) is 0 Å². The number of esters is 1. The van der Waals surface area contributed by atoms with Crippen LogP contribution in [0.5, 0.6) is 0 Å². The zero-order chi connectivity index (χ0) is 17.9. The normalized spacial score (nSPS) is 12.5. The Morgan fingerprint density at radius 2 is 1.46 bits per heavy atom. The Labute approximate surface area is 145 Å². The molecule has 0 unspecified atom stereocenters. The SMILES string of the molecule is C[C@@H](OC(=O)c1ccc(S(C)(=O)=O)cc1)C(=O)c1ccc(Cl)cc1. The molecule has 0 amide bonds. The maximum Gasteiger partial charge on any atom is 0.338 e. The van der Waals surface area contributed by atoms with E-state index in [9.17, 15) is 18.0 Å². The molecule has 0 aliphatic rings. The summed E-state index contributed by atoms with van der Waals surface area (Å²) in [6.45, 7) is 1.47. The zero-order valence-corrected chi connectivity index (χ0v) is 14.6. The Morgan fingerprint density at radius 1 is 0.958 bits per heavy atom. The van der Waals surface area contributed by atoms with Gasteiger partial charge in [0, 0.05) is 16.8 Å². The lowest BCUT2D eigenvalue weighted by Gasteiger charge is -2.12. The lowest BCUT2D eigenvalue weighted by Crippen LogP contribution is -2.24. The second kappa shape index (κ2) is 7.15. The molecule has 1 atom stereocenters. The molecule has 0 N–H and O–H groups in total. The molecule has 7 heteroatoms. The fraction of sp³-hybridized carbons (Fsp3) is 0.176. The Kier molecular flexibility index (Phi) is 5.41. The molecule has 0 heterocycles. The first-order valence-corrected chi connectivity index (χ1v) is 9.26. The van der Waals surface area contributed by atoms with Gasteiger partial charge in [-0.15, -0.1) is 0 Å². The quantitative estimate of drug-likeness (QED) is 0.600. The summed E-state index contributed by atoms with van der Waals surface area (Å²) in [4.78, 5) is 24.4. The van der Waals surface area contributed by atoms with Gasteiger partial charge in [0.1, 0.15) is 0 Å². The van der Waals surface area contributed by atoms with Gasteiger partial charge in [-0.2, -0.15) is 0 Å². The van der Waals surface area contributed by atoms with Crippen LogP contribution in [-0.2, 0) is 14.6 Å². The van der Waals surface area contributed by atoms with E-state index in [2.05, 4.69) is 0 Å². The minimum absolute atomic E-state index is 0.101. The summed E-state index contributed by atoms with van der Waals surface area (Å²) in [5.41, 5.74) is 0.547. The van der Waals surface area contributed by atoms with Crippen LogP contribution >= 0.6 is 11.6 Å². The fourth-order valence-corrected chi connectivity index (χ4v) is 2.73. The van der Waals surface area contributed by atoms with Gasteiger partial charge in [0.15, 0.2) is 15.9 Å². The average molecular weight is 367 g/mol. The predicted octanol–water partition coefficient (Wildman–Crippen LogP) is 3.17. The van der Waals surface area contributed by atoms with E-state index in [0.29, 0.717) is 10.6 Å². The molecule has 0 fully saturated rings. The summed E-state index contributed by atoms with van der Waals surface area (Å²) in [5, 5.41) is 0.502. The Balaban J connectivity index is 2.08. The van der Waals surface area contributed by atoms with E-state index in [1.807, 2.05) is 0 Å². The first-order valence-electron chi connectivity index (χ1n) is 6.99. The lowest BCUT2D eigenvalue weighted by atomic mass is 10.1. The number of benzene rings is 2. The van der Waals surface area contributed by atoms with E-state index in [1.54, 1.807) is 24.3 Å². The molecule has 0 radical (unpaired) electrons. The van der Waals surface area contributed by atoms with Crippen molar-refractivity contribution in [3.63, 3.8) is 0 Å². The van der Waals surface area contributed by atoms with Crippen molar-refractivity contribution in [1.29, 1.82) is 0 Å². The van der Waals surface area contributed by atoms with Gasteiger partial charge in [-0.25, -0.2) is 13.2 Å². The molecule has 2 aromatic carbocycles. The van der Waals surface area contributed by atoms with Gasteiger partial charge < -0.3 is 4.74 Å². The maximum absolute atomic E-state index is 12.2. The minimum atomic E-state index is -3.34. The minimum Gasteiger partial charge on any atom is -0.451 e. The van der Waals surface area contributed by atoms with Crippen molar-refractivity contribution in [3.05, 3.63) is 64.7 Å². The third-order valence-electron chi connectivity index (χ3n) is 3.30. The molecule has 2 aromatic rings. The molecule has 24 heavy (non-hydrogen) atoms. The van der Waals surface area contributed by atoms with Gasteiger partial charge in [0.05, 0.1) is 10.5 Å². The van der Waals surface area contributed by atoms with Gasteiger partial charge in [-0.05, 0) is 55.5 Å². The first-order chi connectivity index (χ1) is 11.2. The number of halogens is 1. The molecule has 0 bridgehead atoms. The number of sulfone groups is 1. The van der Waals surface area contributed by atoms with Crippen LogP contribution in [0.4, 0.5) is 0 Å². The standard InChI is InChI=1S/C17H15ClO5S/c1-11(16(19)12-3-7-14(18)8-4-12)23-17(20)13-5-9-15(10-6-13)24(2,21)22/h3-11H,1-2H3/t11-/m1/s1. The highest BCUT2D eigenvalue weighted by atomic mass is 35.5. The van der Waals surface area contributed by atoms with Crippen molar-refractivity contribution in [2.24, 2.45) is 0 Å². The van der Waals surface area contributed by atoms with Gasteiger partial charge in [0.2, 0.25) is 5.78 Å². The summed E-state index contributed by atoms with van der Waals surface area (Å²) in [6.07, 6.45) is 0.0981. The number of carbonyl (C=O) groups excluding carboxylic acids is 2. The van der Waals surface area contributed by atoms with Gasteiger partial charge in [-0.1, -0.05) is 11.6 Å². The first kappa shape index (κ1) is 18.2. The summed E-state index contributed by atoms with van der Waals surface area (Å²) in [6, 6.07) is 11.6. The van der Waals surface area contributed by atoms with Crippen LogP contribution in [0.3, 0.4) is 0 Å². The van der Waals surface area contributed by atoms with Crippen molar-refractivity contribution >= 4 is 33.2 Å². The largest absolute Gasteiger partial charge is 0.451 e. The molecule has 0 saturated heterocycles. The summed E-state index contributed by atoms with van der Waals surface area (Å²) in [5.74, 6) is -1.06. The number of ether oxygens (including phenoxy) is 1. The van der Waals surface area contributed by atoms with Crippen molar-refractivity contribution in [3.8, 4) is 0 Å². The van der Waals surface area contributed by atoms with Crippen molar-refractivity contribution in [1.82, 2.24) is 0 Å². The molecule has 2 rings (SSSR count). The summed E-state index contributed by atoms with van der Waals surface area (Å²) < 4.78 is 27.9. The number of Topliss-reactive ketones (excluding diaryl/α,β-unsaturated/α-hetero) is 1. The van der Waals surface area contributed by atoms with E-state index >= 15 is 0 Å². The number of hydrogen-bond donors (Lipinski definition) is 0. The molecule has 0 aliphatic carbocycles. The fourth-order valence-electron chi connectivity index (χ4n) is 1.97. The van der Waals surface area contributed by atoms with Crippen LogP contribution in [-0.4, -0.2) is 32.5 Å². The van der Waals surface area contributed by atoms with Gasteiger partial charge in [-0.3, -0.25) is 4.79 Å². The van der Waals surface area contributed by atoms with Crippen LogP contribution in [0.25, 0.3) is 0 Å². The van der Waals surface area contributed by atoms with Crippen molar-refractivity contribution in [2.45, 2.75) is 17.9 Å². The van der Waals surface area contributed by atoms with Crippen LogP contribution in [0.2, 0.25) is 5.02 Å². The van der Waals surface area contributed by atoms with E-state index in [-0.39, 0.29) is 16.2 Å². The van der Waals surface area contributed by atoms with Crippen LogP contribution in [0.15, 0.2) is 53.4 Å². The number of hydrogen-bond acceptors (Lipinski definition) is 5. The van der Waals surface area contributed by atoms with E-state index < -0.39 is 21.9 Å². The van der Waals surface area contributed by atoms with Crippen molar-refractivity contribution < 1.29 is 22.7 Å². The average Bonchev–Trinajstić information content (AvgIpc) is 2.54. The van der Waals surface area contributed by atoms with Gasteiger partial charge >= 0.3 is 5.97 Å². The van der Waals surface area contributed by atoms with E-state index in [4.69, 9.17) is 16.3 Å². The van der Waals surface area contributed by atoms with E-state index in [0.717, 1.165) is 6.26 Å². The molecule has 5 nitrogen and oxygen atoms in total. The predicted molar refractivity (Wildman–Crippen MR) is 90.2 cm³/mol. The molecule has 126 valence electrons. The zero-order valence-electron chi connectivity index (χ0n) is 13.0. The molecule has 0 aliphatic heterocycles. The third-order valence-corrected chi connectivity index (χ3v) is 4.68. The smallest absolute Gasteiger partial charge is 0.338 e. The monoisotopic (exact) mass is 366 g/mol. The van der Waals surface area contributed by atoms with Crippen LogP contribution in [0.1, 0.15) is 27.6 Å². The highest BCUT2D eigenvalue weighted by molar-refractivity contribution is 7.90. The molecule has 0 aromatic heterocycles. The second-order valence-electron chi connectivity index (χ2n) is 5.22. The summed E-state index contributed by atoms with van der Waals surface area (Å²) >= 11 is 5.77. The molecule has 0 saturated carbocycles. The van der Waals surface area contributed by atoms with Crippen LogP contribution in [0, 0.1) is 0 Å². The highest BCUT2D eigenvalue weighted by Crippen LogP contribution is 2.15. The number of rotatable bonds is 5. The maximum atomic E-state index is 12.2. The van der Waals surface area contributed by atoms with Crippen molar-refractivity contribution in [2.75, 3.05) is 6.26 Å². The van der Waals surface area contributed by atoms with Crippen LogP contribution < -0.4 is 0 Å². The molecular formula is C17H15ClO5S. The Morgan fingerprint density at radius 3 is 1.96 bits per heavy atom. The Hall–Kier alpha value is -2.18. The molecular weight excluding hydrogens is 352 g/mol. The topological polar surface area (TPSA) is 77.5 Å². The number of ketones is 1. The third kappa shape index (κ3) is 4.43.